The van der Waals surface area contributed by atoms with E-state index in [1.807, 2.05) is 13.0 Å². The van der Waals surface area contributed by atoms with Gasteiger partial charge in [0.1, 0.15) is 6.61 Å². The number of H-pyrrole nitrogens is 1. The van der Waals surface area contributed by atoms with Gasteiger partial charge in [-0.15, -0.1) is 5.10 Å². The quantitative estimate of drug-likeness (QED) is 0.797. The summed E-state index contributed by atoms with van der Waals surface area (Å²) in [4.78, 5) is 0. The Hall–Kier alpha value is -1.33. The number of rotatable bonds is 7. The number of aromatic amines is 1. The molecule has 0 amide bonds. The number of ether oxygens (including phenoxy) is 1. The molecule has 1 heterocycles. The highest BCUT2D eigenvalue weighted by Gasteiger charge is 2.05. The number of nitrogens with one attached hydrogen (secondary N) is 2. The van der Waals surface area contributed by atoms with E-state index in [9.17, 15) is 0 Å². The summed E-state index contributed by atoms with van der Waals surface area (Å²) in [6, 6.07) is 8.25. The van der Waals surface area contributed by atoms with Crippen LogP contribution >= 0.6 is 15.9 Å². The van der Waals surface area contributed by atoms with Crippen molar-refractivity contribution in [2.24, 2.45) is 5.92 Å². The lowest BCUT2D eigenvalue weighted by Crippen LogP contribution is -2.18. The number of halogens is 1. The van der Waals surface area contributed by atoms with Crippen LogP contribution in [0.15, 0.2) is 28.7 Å². The molecule has 4 nitrogen and oxygen atoms in total. The van der Waals surface area contributed by atoms with Crippen LogP contribution < -0.4 is 10.1 Å². The van der Waals surface area contributed by atoms with Crippen molar-refractivity contribution in [1.82, 2.24) is 15.5 Å². The van der Waals surface area contributed by atoms with E-state index in [1.165, 1.54) is 5.56 Å². The predicted octanol–water partition coefficient (Wildman–Crippen LogP) is 3.81. The molecule has 0 fully saturated rings. The van der Waals surface area contributed by atoms with Crippen molar-refractivity contribution in [2.45, 2.75) is 33.9 Å². The summed E-state index contributed by atoms with van der Waals surface area (Å²) in [6.07, 6.45) is 0. The predicted molar refractivity (Wildman–Crippen MR) is 88.3 cm³/mol. The lowest BCUT2D eigenvalue weighted by Gasteiger charge is -2.10. The van der Waals surface area contributed by atoms with Gasteiger partial charge < -0.3 is 10.1 Å². The molecule has 5 heteroatoms. The minimum atomic E-state index is 0.505. The van der Waals surface area contributed by atoms with Crippen molar-refractivity contribution < 1.29 is 4.74 Å². The molecule has 2 aromatic rings. The third-order valence-corrected chi connectivity index (χ3v) is 3.80. The van der Waals surface area contributed by atoms with E-state index < -0.39 is 0 Å². The van der Waals surface area contributed by atoms with Crippen LogP contribution in [0.4, 0.5) is 0 Å². The number of aromatic nitrogens is 2. The van der Waals surface area contributed by atoms with E-state index in [-0.39, 0.29) is 0 Å². The standard InChI is InChI=1S/C16H22BrN3O/c1-11(2)8-18-9-13-4-5-14(15(17)7-13)10-21-16-6-12(3)19-20-16/h4-7,11,18H,8-10H2,1-3H3,(H,19,20). The summed E-state index contributed by atoms with van der Waals surface area (Å²) in [6.45, 7) is 8.79. The first-order valence-electron chi connectivity index (χ1n) is 7.17. The molecule has 1 aromatic heterocycles. The molecule has 0 unspecified atom stereocenters. The second kappa shape index (κ2) is 7.61. The minimum Gasteiger partial charge on any atom is -0.472 e. The van der Waals surface area contributed by atoms with Crippen LogP contribution in [0.25, 0.3) is 0 Å². The molecule has 0 spiro atoms. The van der Waals surface area contributed by atoms with Gasteiger partial charge in [0.15, 0.2) is 0 Å². The fourth-order valence-electron chi connectivity index (χ4n) is 1.94. The normalized spacial score (nSPS) is 11.1. The summed E-state index contributed by atoms with van der Waals surface area (Å²) in [5, 5.41) is 10.4. The molecule has 2 rings (SSSR count). The van der Waals surface area contributed by atoms with E-state index in [1.54, 1.807) is 0 Å². The molecule has 21 heavy (non-hydrogen) atoms. The van der Waals surface area contributed by atoms with Crippen LogP contribution in [0.2, 0.25) is 0 Å². The molecule has 0 aliphatic rings. The maximum absolute atomic E-state index is 5.66. The Labute approximate surface area is 134 Å². The Morgan fingerprint density at radius 1 is 1.33 bits per heavy atom. The van der Waals surface area contributed by atoms with E-state index in [0.29, 0.717) is 18.4 Å². The number of benzene rings is 1. The van der Waals surface area contributed by atoms with Crippen molar-refractivity contribution in [1.29, 1.82) is 0 Å². The molecule has 1 aromatic carbocycles. The van der Waals surface area contributed by atoms with E-state index in [2.05, 4.69) is 63.5 Å². The maximum Gasteiger partial charge on any atom is 0.233 e. The van der Waals surface area contributed by atoms with Gasteiger partial charge in [0.2, 0.25) is 5.88 Å². The van der Waals surface area contributed by atoms with Gasteiger partial charge in [-0.25, -0.2) is 0 Å². The number of aryl methyl sites for hydroxylation is 1. The fourth-order valence-corrected chi connectivity index (χ4v) is 2.48. The fraction of sp³-hybridized carbons (Fsp3) is 0.438. The van der Waals surface area contributed by atoms with E-state index in [4.69, 9.17) is 4.74 Å². The van der Waals surface area contributed by atoms with Crippen LogP contribution in [0, 0.1) is 12.8 Å². The minimum absolute atomic E-state index is 0.505. The van der Waals surface area contributed by atoms with Gasteiger partial charge in [-0.2, -0.15) is 0 Å². The molecule has 0 radical (unpaired) electrons. The summed E-state index contributed by atoms with van der Waals surface area (Å²) in [7, 11) is 0. The van der Waals surface area contributed by atoms with Gasteiger partial charge in [-0.05, 0) is 31.0 Å². The Morgan fingerprint density at radius 3 is 2.76 bits per heavy atom. The van der Waals surface area contributed by atoms with Gasteiger partial charge in [0, 0.05) is 28.3 Å². The van der Waals surface area contributed by atoms with Gasteiger partial charge in [-0.1, -0.05) is 41.9 Å². The number of hydrogen-bond acceptors (Lipinski definition) is 3. The molecule has 114 valence electrons. The van der Waals surface area contributed by atoms with Gasteiger partial charge in [0.25, 0.3) is 0 Å². The first-order valence-corrected chi connectivity index (χ1v) is 7.96. The van der Waals surface area contributed by atoms with Crippen molar-refractivity contribution in [3.05, 3.63) is 45.6 Å². The van der Waals surface area contributed by atoms with Crippen LogP contribution in [0.5, 0.6) is 5.88 Å². The Balaban J connectivity index is 1.89. The zero-order valence-electron chi connectivity index (χ0n) is 12.7. The van der Waals surface area contributed by atoms with Crippen molar-refractivity contribution in [2.75, 3.05) is 6.54 Å². The SMILES string of the molecule is Cc1cc(OCc2ccc(CNCC(C)C)cc2Br)n[nH]1. The van der Waals surface area contributed by atoms with Crippen molar-refractivity contribution in [3.63, 3.8) is 0 Å². The molecule has 0 saturated carbocycles. The lowest BCUT2D eigenvalue weighted by molar-refractivity contribution is 0.292. The maximum atomic E-state index is 5.66. The summed E-state index contributed by atoms with van der Waals surface area (Å²) in [5.74, 6) is 1.29. The second-order valence-corrected chi connectivity index (χ2v) is 6.48. The summed E-state index contributed by atoms with van der Waals surface area (Å²) < 4.78 is 6.73. The molecule has 2 N–H and O–H groups in total. The average Bonchev–Trinajstić information content (AvgIpc) is 2.83. The third kappa shape index (κ3) is 5.17. The molecule has 0 atom stereocenters. The second-order valence-electron chi connectivity index (χ2n) is 5.63. The Morgan fingerprint density at radius 2 is 2.14 bits per heavy atom. The molecular formula is C16H22BrN3O. The lowest BCUT2D eigenvalue weighted by atomic mass is 10.1. The number of hydrogen-bond donors (Lipinski definition) is 2. The zero-order chi connectivity index (χ0) is 15.2. The average molecular weight is 352 g/mol. The van der Waals surface area contributed by atoms with Crippen LogP contribution in [0.3, 0.4) is 0 Å². The molecule has 0 saturated heterocycles. The summed E-state index contributed by atoms with van der Waals surface area (Å²) in [5.41, 5.74) is 3.38. The highest BCUT2D eigenvalue weighted by molar-refractivity contribution is 9.10. The largest absolute Gasteiger partial charge is 0.472 e. The molecule has 0 aliphatic carbocycles. The van der Waals surface area contributed by atoms with Gasteiger partial charge in [0.05, 0.1) is 0 Å². The number of nitrogens with zero attached hydrogens (tertiary/aromatic N) is 1. The highest BCUT2D eigenvalue weighted by Crippen LogP contribution is 2.20. The summed E-state index contributed by atoms with van der Waals surface area (Å²) >= 11 is 3.61. The molecular weight excluding hydrogens is 330 g/mol. The van der Waals surface area contributed by atoms with E-state index >= 15 is 0 Å². The van der Waals surface area contributed by atoms with Crippen LogP contribution in [0.1, 0.15) is 30.7 Å². The van der Waals surface area contributed by atoms with Gasteiger partial charge >= 0.3 is 0 Å². The smallest absolute Gasteiger partial charge is 0.233 e. The molecule has 0 bridgehead atoms. The van der Waals surface area contributed by atoms with Crippen molar-refractivity contribution in [3.8, 4) is 5.88 Å². The highest BCUT2D eigenvalue weighted by atomic mass is 79.9. The topological polar surface area (TPSA) is 49.9 Å². The monoisotopic (exact) mass is 351 g/mol. The Bertz CT molecular complexity index is 581. The molecule has 0 aliphatic heterocycles. The first-order chi connectivity index (χ1) is 10.0. The van der Waals surface area contributed by atoms with Crippen molar-refractivity contribution >= 4 is 15.9 Å². The Kier molecular flexibility index (Phi) is 5.82. The van der Waals surface area contributed by atoms with Gasteiger partial charge in [-0.3, -0.25) is 5.10 Å². The van der Waals surface area contributed by atoms with E-state index in [0.717, 1.165) is 28.8 Å². The van der Waals surface area contributed by atoms with Crippen LogP contribution in [-0.2, 0) is 13.2 Å². The zero-order valence-corrected chi connectivity index (χ0v) is 14.3. The first kappa shape index (κ1) is 16.0. The third-order valence-electron chi connectivity index (χ3n) is 3.06. The van der Waals surface area contributed by atoms with Crippen LogP contribution in [-0.4, -0.2) is 16.7 Å².